The van der Waals surface area contributed by atoms with E-state index in [1.165, 1.54) is 44.9 Å². The predicted octanol–water partition coefficient (Wildman–Crippen LogP) is 5.76. The van der Waals surface area contributed by atoms with Gasteiger partial charge in [0.1, 0.15) is 0 Å². The molecule has 0 amide bonds. The quantitative estimate of drug-likeness (QED) is 0.313. The largest absolute Gasteiger partial charge is 0.400 e. The summed E-state index contributed by atoms with van der Waals surface area (Å²) in [5.41, 5.74) is 0. The zero-order valence-electron chi connectivity index (χ0n) is 15.5. The van der Waals surface area contributed by atoms with Crippen molar-refractivity contribution in [2.75, 3.05) is 6.61 Å². The Kier molecular flexibility index (Phi) is 15.3. The van der Waals surface area contributed by atoms with Crippen molar-refractivity contribution in [2.24, 2.45) is 0 Å². The average molecular weight is 351 g/mol. The Morgan fingerprint density at radius 1 is 0.739 bits per heavy atom. The molecule has 0 rings (SSSR count). The van der Waals surface area contributed by atoms with Crippen molar-refractivity contribution in [1.29, 1.82) is 0 Å². The summed E-state index contributed by atoms with van der Waals surface area (Å²) in [6.45, 7) is 6.40. The molecule has 0 aromatic rings. The fourth-order valence-electron chi connectivity index (χ4n) is 2.53. The number of rotatable bonds is 17. The molecule has 0 aromatic carbocycles. The smallest absolute Gasteiger partial charge is 0.248 e. The molecule has 140 valence electrons. The molecule has 23 heavy (non-hydrogen) atoms. The Morgan fingerprint density at radius 3 is 1.78 bits per heavy atom. The normalized spacial score (nSPS) is 13.3. The van der Waals surface area contributed by atoms with Crippen LogP contribution in [0.25, 0.3) is 0 Å². The highest BCUT2D eigenvalue weighted by atomic mass is 32.3. The molecule has 4 nitrogen and oxygen atoms in total. The molecule has 1 atom stereocenters. The van der Waals surface area contributed by atoms with Crippen LogP contribution >= 0.6 is 0 Å². The van der Waals surface area contributed by atoms with Crippen LogP contribution in [0.1, 0.15) is 104 Å². The number of hydrogen-bond donors (Lipinski definition) is 0. The van der Waals surface area contributed by atoms with Crippen LogP contribution < -0.4 is 0 Å². The van der Waals surface area contributed by atoms with E-state index in [-0.39, 0.29) is 12.7 Å². The lowest BCUT2D eigenvalue weighted by Gasteiger charge is -2.12. The van der Waals surface area contributed by atoms with Crippen LogP contribution in [0.4, 0.5) is 0 Å². The van der Waals surface area contributed by atoms with Crippen molar-refractivity contribution >= 4 is 10.4 Å². The molecular weight excluding hydrogens is 312 g/mol. The van der Waals surface area contributed by atoms with Gasteiger partial charge in [-0.2, -0.15) is 8.42 Å². The molecular formula is C18H38O4S. The molecule has 0 spiro atoms. The molecule has 0 fully saturated rings. The lowest BCUT2D eigenvalue weighted by atomic mass is 10.1. The van der Waals surface area contributed by atoms with Gasteiger partial charge < -0.3 is 0 Å². The van der Waals surface area contributed by atoms with E-state index in [1.807, 2.05) is 0 Å². The maximum Gasteiger partial charge on any atom is 0.400 e. The van der Waals surface area contributed by atoms with Gasteiger partial charge in [-0.05, 0) is 19.8 Å². The van der Waals surface area contributed by atoms with E-state index in [2.05, 4.69) is 13.8 Å². The minimum Gasteiger partial charge on any atom is -0.248 e. The summed E-state index contributed by atoms with van der Waals surface area (Å²) in [7, 11) is -3.83. The van der Waals surface area contributed by atoms with E-state index >= 15 is 0 Å². The molecule has 0 aliphatic carbocycles. The van der Waals surface area contributed by atoms with Crippen LogP contribution in [0, 0.1) is 0 Å². The van der Waals surface area contributed by atoms with Crippen LogP contribution in [0.5, 0.6) is 0 Å². The summed E-state index contributed by atoms with van der Waals surface area (Å²) in [4.78, 5) is 0. The molecule has 0 saturated carbocycles. The third-order valence-electron chi connectivity index (χ3n) is 3.97. The van der Waals surface area contributed by atoms with Crippen molar-refractivity contribution in [3.63, 3.8) is 0 Å². The highest BCUT2D eigenvalue weighted by molar-refractivity contribution is 7.81. The maximum atomic E-state index is 11.7. The molecule has 0 N–H and O–H groups in total. The van der Waals surface area contributed by atoms with Crippen LogP contribution in [-0.2, 0) is 18.8 Å². The number of hydrogen-bond acceptors (Lipinski definition) is 4. The fraction of sp³-hybridized carbons (Fsp3) is 1.00. The van der Waals surface area contributed by atoms with Crippen LogP contribution in [0.3, 0.4) is 0 Å². The minimum atomic E-state index is -3.83. The maximum absolute atomic E-state index is 11.7. The first kappa shape index (κ1) is 22.9. The Hall–Kier alpha value is -0.130. The summed E-state index contributed by atoms with van der Waals surface area (Å²) in [6.07, 6.45) is 14.3. The Bertz CT molecular complexity index is 341. The van der Waals surface area contributed by atoms with Crippen LogP contribution in [0.15, 0.2) is 0 Å². The average Bonchev–Trinajstić information content (AvgIpc) is 2.49. The van der Waals surface area contributed by atoms with Gasteiger partial charge in [0.25, 0.3) is 0 Å². The van der Waals surface area contributed by atoms with Gasteiger partial charge in [0.2, 0.25) is 0 Å². The molecule has 0 saturated heterocycles. The SMILES string of the molecule is CCCCCCCCCCOS(=O)(=O)OC(C)CCCCCC. The second-order valence-corrected chi connectivity index (χ2v) is 7.71. The van der Waals surface area contributed by atoms with Crippen LogP contribution in [-0.4, -0.2) is 21.1 Å². The molecule has 5 heteroatoms. The van der Waals surface area contributed by atoms with Crippen molar-refractivity contribution in [1.82, 2.24) is 0 Å². The minimum absolute atomic E-state index is 0.236. The van der Waals surface area contributed by atoms with E-state index in [1.54, 1.807) is 6.92 Å². The number of unbranched alkanes of at least 4 members (excludes halogenated alkanes) is 10. The van der Waals surface area contributed by atoms with Gasteiger partial charge in [0.15, 0.2) is 0 Å². The van der Waals surface area contributed by atoms with Crippen molar-refractivity contribution in [2.45, 2.75) is 110 Å². The summed E-state index contributed by atoms with van der Waals surface area (Å²) in [6, 6.07) is 0. The monoisotopic (exact) mass is 350 g/mol. The first-order chi connectivity index (χ1) is 11.0. The van der Waals surface area contributed by atoms with E-state index in [0.29, 0.717) is 0 Å². The molecule has 0 aliphatic rings. The lowest BCUT2D eigenvalue weighted by molar-refractivity contribution is 0.157. The molecule has 0 radical (unpaired) electrons. The zero-order chi connectivity index (χ0) is 17.4. The summed E-state index contributed by atoms with van der Waals surface area (Å²) in [5.74, 6) is 0. The van der Waals surface area contributed by atoms with Crippen molar-refractivity contribution < 1.29 is 16.8 Å². The molecule has 0 bridgehead atoms. The third kappa shape index (κ3) is 16.5. The van der Waals surface area contributed by atoms with Gasteiger partial charge in [0.05, 0.1) is 12.7 Å². The molecule has 1 unspecified atom stereocenters. The first-order valence-electron chi connectivity index (χ1n) is 9.59. The van der Waals surface area contributed by atoms with Gasteiger partial charge in [-0.3, -0.25) is 0 Å². The third-order valence-corrected chi connectivity index (χ3v) is 4.99. The van der Waals surface area contributed by atoms with E-state index in [4.69, 9.17) is 8.37 Å². The highest BCUT2D eigenvalue weighted by Gasteiger charge is 2.16. The topological polar surface area (TPSA) is 52.6 Å². The Labute approximate surface area is 144 Å². The van der Waals surface area contributed by atoms with Gasteiger partial charge in [-0.1, -0.05) is 84.5 Å². The van der Waals surface area contributed by atoms with Gasteiger partial charge in [-0.15, -0.1) is 0 Å². The second kappa shape index (κ2) is 15.4. The standard InChI is InChI=1S/C18H38O4S/c1-4-6-8-10-11-12-13-15-17-21-23(19,20)22-18(3)16-14-9-7-5-2/h18H,4-17H2,1-3H3. The fourth-order valence-corrected chi connectivity index (χ4v) is 3.41. The van der Waals surface area contributed by atoms with Gasteiger partial charge in [0, 0.05) is 0 Å². The van der Waals surface area contributed by atoms with E-state index < -0.39 is 10.4 Å². The Morgan fingerprint density at radius 2 is 1.22 bits per heavy atom. The lowest BCUT2D eigenvalue weighted by Crippen LogP contribution is -2.18. The van der Waals surface area contributed by atoms with Crippen molar-refractivity contribution in [3.05, 3.63) is 0 Å². The van der Waals surface area contributed by atoms with Crippen molar-refractivity contribution in [3.8, 4) is 0 Å². The van der Waals surface area contributed by atoms with Gasteiger partial charge in [-0.25, -0.2) is 8.37 Å². The highest BCUT2D eigenvalue weighted by Crippen LogP contribution is 2.12. The molecule has 0 heterocycles. The Balaban J connectivity index is 3.56. The van der Waals surface area contributed by atoms with Crippen LogP contribution in [0.2, 0.25) is 0 Å². The van der Waals surface area contributed by atoms with E-state index in [0.717, 1.165) is 38.5 Å². The molecule has 0 aliphatic heterocycles. The predicted molar refractivity (Wildman–Crippen MR) is 96.8 cm³/mol. The van der Waals surface area contributed by atoms with E-state index in [9.17, 15) is 8.42 Å². The summed E-state index contributed by atoms with van der Waals surface area (Å²) in [5, 5.41) is 0. The summed E-state index contributed by atoms with van der Waals surface area (Å²) >= 11 is 0. The second-order valence-electron chi connectivity index (χ2n) is 6.46. The summed E-state index contributed by atoms with van der Waals surface area (Å²) < 4.78 is 33.3. The van der Waals surface area contributed by atoms with Gasteiger partial charge >= 0.3 is 10.4 Å². The molecule has 0 aromatic heterocycles. The first-order valence-corrected chi connectivity index (χ1v) is 10.9. The zero-order valence-corrected chi connectivity index (χ0v) is 16.3.